The molecular formula is C26H44N2. The molecule has 0 aliphatic heterocycles. The summed E-state index contributed by atoms with van der Waals surface area (Å²) < 4.78 is 0. The molecule has 0 unspecified atom stereocenters. The van der Waals surface area contributed by atoms with Crippen LogP contribution in [-0.2, 0) is 0 Å². The van der Waals surface area contributed by atoms with E-state index >= 15 is 0 Å². The van der Waals surface area contributed by atoms with Gasteiger partial charge in [-0.3, -0.25) is 0 Å². The lowest BCUT2D eigenvalue weighted by molar-refractivity contribution is 0.00141. The summed E-state index contributed by atoms with van der Waals surface area (Å²) in [6, 6.07) is 1.01. The molecular weight excluding hydrogens is 340 g/mol. The zero-order valence-corrected chi connectivity index (χ0v) is 19.5. The molecule has 0 saturated heterocycles. The van der Waals surface area contributed by atoms with E-state index in [1.54, 1.807) is 11.1 Å². The van der Waals surface area contributed by atoms with Gasteiger partial charge in [0.05, 0.1) is 0 Å². The Morgan fingerprint density at radius 1 is 1.00 bits per heavy atom. The van der Waals surface area contributed by atoms with Gasteiger partial charge in [0.2, 0.25) is 0 Å². The molecule has 4 aliphatic carbocycles. The molecule has 2 fully saturated rings. The summed E-state index contributed by atoms with van der Waals surface area (Å²) in [5.41, 5.74) is 11.1. The summed E-state index contributed by atoms with van der Waals surface area (Å²) in [4.78, 5) is 2.48. The van der Waals surface area contributed by atoms with Crippen molar-refractivity contribution < 1.29 is 0 Å². The van der Waals surface area contributed by atoms with Gasteiger partial charge in [-0.2, -0.15) is 0 Å². The van der Waals surface area contributed by atoms with Crippen molar-refractivity contribution in [2.75, 3.05) is 14.1 Å². The summed E-state index contributed by atoms with van der Waals surface area (Å²) in [6.45, 7) is 12.5. The predicted molar refractivity (Wildman–Crippen MR) is 120 cm³/mol. The van der Waals surface area contributed by atoms with Crippen LogP contribution in [0.25, 0.3) is 0 Å². The van der Waals surface area contributed by atoms with Crippen LogP contribution in [0.5, 0.6) is 0 Å². The van der Waals surface area contributed by atoms with Crippen molar-refractivity contribution in [2.24, 2.45) is 39.7 Å². The normalized spacial score (nSPS) is 46.0. The van der Waals surface area contributed by atoms with Crippen LogP contribution in [0.1, 0.15) is 79.6 Å². The van der Waals surface area contributed by atoms with Gasteiger partial charge in [-0.1, -0.05) is 45.4 Å². The maximum Gasteiger partial charge on any atom is 0.0149 e. The van der Waals surface area contributed by atoms with Gasteiger partial charge in [-0.25, -0.2) is 0 Å². The molecule has 2 saturated carbocycles. The van der Waals surface area contributed by atoms with E-state index in [4.69, 9.17) is 5.73 Å². The molecule has 7 atom stereocenters. The van der Waals surface area contributed by atoms with E-state index in [-0.39, 0.29) is 0 Å². The molecule has 0 spiro atoms. The van der Waals surface area contributed by atoms with Gasteiger partial charge in [0.25, 0.3) is 0 Å². The molecule has 0 bridgehead atoms. The lowest BCUT2D eigenvalue weighted by Gasteiger charge is -2.53. The van der Waals surface area contributed by atoms with E-state index in [9.17, 15) is 0 Å². The monoisotopic (exact) mass is 384 g/mol. The van der Waals surface area contributed by atoms with E-state index in [0.717, 1.165) is 11.8 Å². The zero-order chi connectivity index (χ0) is 20.5. The second-order valence-corrected chi connectivity index (χ2v) is 12.0. The van der Waals surface area contributed by atoms with Crippen LogP contribution in [0.3, 0.4) is 0 Å². The third kappa shape index (κ3) is 2.73. The smallest absolute Gasteiger partial charge is 0.0149 e. The van der Waals surface area contributed by atoms with Crippen molar-refractivity contribution in [2.45, 2.75) is 91.6 Å². The third-order valence-corrected chi connectivity index (χ3v) is 10.3. The van der Waals surface area contributed by atoms with Crippen molar-refractivity contribution >= 4 is 0 Å². The summed E-state index contributed by atoms with van der Waals surface area (Å²) in [5.74, 6) is 2.13. The Labute approximate surface area is 174 Å². The van der Waals surface area contributed by atoms with Crippen LogP contribution < -0.4 is 5.73 Å². The fourth-order valence-electron chi connectivity index (χ4n) is 8.53. The Balaban J connectivity index is 1.69. The van der Waals surface area contributed by atoms with Gasteiger partial charge < -0.3 is 10.6 Å². The molecule has 0 amide bonds. The molecule has 0 heterocycles. The molecule has 4 rings (SSSR count). The van der Waals surface area contributed by atoms with Gasteiger partial charge in [0.15, 0.2) is 0 Å². The molecule has 0 aromatic heterocycles. The van der Waals surface area contributed by atoms with Gasteiger partial charge in [-0.15, -0.1) is 0 Å². The number of fused-ring (bicyclic) bond motifs is 4. The van der Waals surface area contributed by atoms with Gasteiger partial charge in [-0.05, 0) is 106 Å². The summed E-state index contributed by atoms with van der Waals surface area (Å²) in [5, 5.41) is 0. The van der Waals surface area contributed by atoms with E-state index in [2.05, 4.69) is 65.8 Å². The Morgan fingerprint density at radius 2 is 1.68 bits per heavy atom. The van der Waals surface area contributed by atoms with Crippen LogP contribution in [0.2, 0.25) is 0 Å². The minimum atomic E-state index is 0.313. The number of hydrogen-bond acceptors (Lipinski definition) is 2. The topological polar surface area (TPSA) is 29.3 Å². The standard InChI is InChI=1S/C26H44N2/c1-17(27)20-13-15-26(5)22-10-9-21-18(16-19(22)12-14-25(20,26)4)8-11-23(28(6)7)24(21,2)3/h12,16-17,20-23H,8-11,13-15,27H2,1-7H3/t17-,20+,21+,22+,23-,25+,26-/m0/s1. The highest BCUT2D eigenvalue weighted by molar-refractivity contribution is 5.37. The largest absolute Gasteiger partial charge is 0.328 e. The van der Waals surface area contributed by atoms with Crippen molar-refractivity contribution in [1.29, 1.82) is 0 Å². The Morgan fingerprint density at radius 3 is 2.32 bits per heavy atom. The number of nitrogens with zero attached hydrogens (tertiary/aromatic N) is 1. The lowest BCUT2D eigenvalue weighted by atomic mass is 9.51. The molecule has 2 nitrogen and oxygen atoms in total. The minimum Gasteiger partial charge on any atom is -0.328 e. The minimum absolute atomic E-state index is 0.313. The molecule has 0 radical (unpaired) electrons. The molecule has 2 N–H and O–H groups in total. The highest BCUT2D eigenvalue weighted by Gasteiger charge is 2.60. The van der Waals surface area contributed by atoms with Crippen molar-refractivity contribution in [3.05, 3.63) is 23.3 Å². The summed E-state index contributed by atoms with van der Waals surface area (Å²) in [7, 11) is 4.55. The number of nitrogens with two attached hydrogens (primary N) is 1. The maximum absolute atomic E-state index is 6.48. The van der Waals surface area contributed by atoms with Crippen LogP contribution in [0.4, 0.5) is 0 Å². The first kappa shape index (κ1) is 20.7. The first-order chi connectivity index (χ1) is 13.0. The number of hydrogen-bond donors (Lipinski definition) is 1. The highest BCUT2D eigenvalue weighted by Crippen LogP contribution is 2.67. The molecule has 28 heavy (non-hydrogen) atoms. The SMILES string of the molecule is C[C@H](N)[C@H]1CC[C@@]2(C)[C@@H]3CC[C@@H]4C(=CC3=CC[C@]12C)CC[C@H](N(C)C)C4(C)C. The Bertz CT molecular complexity index is 685. The van der Waals surface area contributed by atoms with Gasteiger partial charge in [0.1, 0.15) is 0 Å². The second-order valence-electron chi connectivity index (χ2n) is 12.0. The van der Waals surface area contributed by atoms with E-state index < -0.39 is 0 Å². The Hall–Kier alpha value is -0.600. The van der Waals surface area contributed by atoms with Crippen molar-refractivity contribution in [3.8, 4) is 0 Å². The molecule has 2 heteroatoms. The fourth-order valence-corrected chi connectivity index (χ4v) is 8.53. The summed E-state index contributed by atoms with van der Waals surface area (Å²) in [6.07, 6.45) is 14.5. The van der Waals surface area contributed by atoms with E-state index in [1.165, 1.54) is 44.9 Å². The number of allylic oxidation sites excluding steroid dienone is 4. The van der Waals surface area contributed by atoms with Crippen molar-refractivity contribution in [1.82, 2.24) is 4.90 Å². The maximum atomic E-state index is 6.48. The number of rotatable bonds is 2. The average Bonchev–Trinajstić information content (AvgIpc) is 2.75. The first-order valence-electron chi connectivity index (χ1n) is 11.8. The van der Waals surface area contributed by atoms with Crippen molar-refractivity contribution in [3.63, 3.8) is 0 Å². The quantitative estimate of drug-likeness (QED) is 0.653. The van der Waals surface area contributed by atoms with Crippen LogP contribution in [0.15, 0.2) is 23.3 Å². The Kier molecular flexibility index (Phi) is 4.95. The predicted octanol–water partition coefficient (Wildman–Crippen LogP) is 5.79. The average molecular weight is 385 g/mol. The lowest BCUT2D eigenvalue weighted by Crippen LogP contribution is -2.49. The van der Waals surface area contributed by atoms with Gasteiger partial charge in [0, 0.05) is 12.1 Å². The third-order valence-electron chi connectivity index (χ3n) is 10.3. The van der Waals surface area contributed by atoms with Crippen LogP contribution in [0, 0.1) is 34.0 Å². The molecule has 158 valence electrons. The fraction of sp³-hybridized carbons (Fsp3) is 0.846. The highest BCUT2D eigenvalue weighted by atomic mass is 15.1. The second kappa shape index (κ2) is 6.71. The molecule has 0 aromatic rings. The molecule has 4 aliphatic rings. The first-order valence-corrected chi connectivity index (χ1v) is 11.8. The zero-order valence-electron chi connectivity index (χ0n) is 19.5. The van der Waals surface area contributed by atoms with Crippen LogP contribution in [-0.4, -0.2) is 31.1 Å². The van der Waals surface area contributed by atoms with E-state index in [0.29, 0.717) is 34.2 Å². The van der Waals surface area contributed by atoms with Gasteiger partial charge >= 0.3 is 0 Å². The van der Waals surface area contributed by atoms with Crippen LogP contribution >= 0.6 is 0 Å². The molecule has 0 aromatic carbocycles. The van der Waals surface area contributed by atoms with E-state index in [1.807, 2.05) is 0 Å². The summed E-state index contributed by atoms with van der Waals surface area (Å²) >= 11 is 0.